The lowest BCUT2D eigenvalue weighted by Crippen LogP contribution is -2.15. The summed E-state index contributed by atoms with van der Waals surface area (Å²) in [5, 5.41) is 0. The molecular weight excluding hydrogens is 224 g/mol. The Labute approximate surface area is 108 Å². The van der Waals surface area contributed by atoms with Crippen molar-refractivity contribution in [2.75, 3.05) is 6.54 Å². The van der Waals surface area contributed by atoms with E-state index in [4.69, 9.17) is 5.73 Å². The van der Waals surface area contributed by atoms with E-state index in [0.29, 0.717) is 11.8 Å². The normalized spacial score (nSPS) is 32.9. The maximum absolute atomic E-state index is 10.8. The summed E-state index contributed by atoms with van der Waals surface area (Å²) in [6, 6.07) is 0. The number of carbonyl (C=O) groups excluding carboxylic acids is 1. The first-order chi connectivity index (χ1) is 8.58. The first kappa shape index (κ1) is 12.8. The highest BCUT2D eigenvalue weighted by molar-refractivity contribution is 6.06. The number of hydrogen-bond acceptors (Lipinski definition) is 2. The molecule has 3 nitrogen and oxygen atoms in total. The van der Waals surface area contributed by atoms with Gasteiger partial charge in [-0.1, -0.05) is 43.7 Å². The van der Waals surface area contributed by atoms with E-state index < -0.39 is 0 Å². The maximum Gasteiger partial charge on any atom is 0.239 e. The molecule has 96 valence electrons. The van der Waals surface area contributed by atoms with Gasteiger partial charge in [-0.3, -0.25) is 9.79 Å². The quantitative estimate of drug-likeness (QED) is 0.745. The molecule has 18 heavy (non-hydrogen) atoms. The number of rotatable bonds is 2. The largest absolute Gasteiger partial charge is 0.368 e. The average molecular weight is 244 g/mol. The molecule has 0 saturated heterocycles. The van der Waals surface area contributed by atoms with Crippen LogP contribution in [0.1, 0.15) is 26.7 Å². The van der Waals surface area contributed by atoms with Gasteiger partial charge in [0.1, 0.15) is 6.54 Å². The minimum Gasteiger partial charge on any atom is -0.368 e. The van der Waals surface area contributed by atoms with E-state index in [-0.39, 0.29) is 12.5 Å². The van der Waals surface area contributed by atoms with Crippen molar-refractivity contribution in [2.45, 2.75) is 26.7 Å². The number of aliphatic imine (C=N–C) groups is 1. The van der Waals surface area contributed by atoms with Crippen LogP contribution < -0.4 is 5.73 Å². The third-order valence-electron chi connectivity index (χ3n) is 3.53. The number of primary amides is 1. The van der Waals surface area contributed by atoms with Crippen molar-refractivity contribution < 1.29 is 4.79 Å². The molecule has 2 N–H and O–H groups in total. The van der Waals surface area contributed by atoms with Crippen molar-refractivity contribution in [3.05, 3.63) is 35.5 Å². The fraction of sp³-hybridized carbons (Fsp3) is 0.467. The number of hydrogen-bond donors (Lipinski definition) is 1. The molecule has 0 bridgehead atoms. The first-order valence-electron chi connectivity index (χ1n) is 6.49. The molecule has 0 fully saturated rings. The van der Waals surface area contributed by atoms with Crippen LogP contribution in [0.2, 0.25) is 0 Å². The zero-order chi connectivity index (χ0) is 13.1. The van der Waals surface area contributed by atoms with E-state index in [0.717, 1.165) is 18.6 Å². The highest BCUT2D eigenvalue weighted by atomic mass is 16.1. The fourth-order valence-corrected chi connectivity index (χ4v) is 2.49. The molecule has 2 atom stereocenters. The van der Waals surface area contributed by atoms with Crippen LogP contribution in [0.4, 0.5) is 0 Å². The Morgan fingerprint density at radius 2 is 2.11 bits per heavy atom. The van der Waals surface area contributed by atoms with Crippen LogP contribution in [0.5, 0.6) is 0 Å². The van der Waals surface area contributed by atoms with E-state index >= 15 is 0 Å². The summed E-state index contributed by atoms with van der Waals surface area (Å²) < 4.78 is 0. The standard InChI is InChI=1S/C15H20N2O/c1-10-3-5-11(2)12-7-8-14(13(12)6-4-10)17-9-15(16)18/h3-6,10-11H,7-9H2,1-2H3,(H2,16,18)/b5-3-,6-4-,17-14?. The highest BCUT2D eigenvalue weighted by Crippen LogP contribution is 2.33. The minimum atomic E-state index is -0.368. The molecule has 0 aromatic rings. The summed E-state index contributed by atoms with van der Waals surface area (Å²) in [6.07, 6.45) is 10.8. The lowest BCUT2D eigenvalue weighted by molar-refractivity contribution is -0.116. The van der Waals surface area contributed by atoms with Crippen molar-refractivity contribution >= 4 is 11.6 Å². The molecule has 2 rings (SSSR count). The second-order valence-corrected chi connectivity index (χ2v) is 5.06. The Morgan fingerprint density at radius 1 is 1.33 bits per heavy atom. The summed E-state index contributed by atoms with van der Waals surface area (Å²) in [4.78, 5) is 15.2. The molecular formula is C15H20N2O. The lowest BCUT2D eigenvalue weighted by atomic mass is 9.92. The predicted molar refractivity (Wildman–Crippen MR) is 74.4 cm³/mol. The topological polar surface area (TPSA) is 55.4 Å². The van der Waals surface area contributed by atoms with Gasteiger partial charge in [0.05, 0.1) is 0 Å². The van der Waals surface area contributed by atoms with Crippen molar-refractivity contribution in [1.29, 1.82) is 0 Å². The number of carbonyl (C=O) groups is 1. The van der Waals surface area contributed by atoms with E-state index in [9.17, 15) is 4.79 Å². The highest BCUT2D eigenvalue weighted by Gasteiger charge is 2.23. The summed E-state index contributed by atoms with van der Waals surface area (Å²) in [5.74, 6) is 0.529. The van der Waals surface area contributed by atoms with Crippen LogP contribution in [0.3, 0.4) is 0 Å². The van der Waals surface area contributed by atoms with E-state index in [1.54, 1.807) is 0 Å². The second-order valence-electron chi connectivity index (χ2n) is 5.06. The Kier molecular flexibility index (Phi) is 3.80. The third kappa shape index (κ3) is 2.78. The van der Waals surface area contributed by atoms with Gasteiger partial charge in [0.2, 0.25) is 5.91 Å². The molecule has 2 aliphatic carbocycles. The number of nitrogens with two attached hydrogens (primary N) is 1. The Morgan fingerprint density at radius 3 is 2.83 bits per heavy atom. The molecule has 0 spiro atoms. The molecule has 0 aromatic heterocycles. The van der Waals surface area contributed by atoms with Gasteiger partial charge in [0, 0.05) is 5.71 Å². The third-order valence-corrected chi connectivity index (χ3v) is 3.53. The second kappa shape index (κ2) is 5.34. The average Bonchev–Trinajstić information content (AvgIpc) is 2.71. The molecule has 2 unspecified atom stereocenters. The molecule has 3 heteroatoms. The van der Waals surface area contributed by atoms with Crippen LogP contribution in [-0.4, -0.2) is 18.2 Å². The predicted octanol–water partition coefficient (Wildman–Crippen LogP) is 2.40. The molecule has 0 aliphatic heterocycles. The van der Waals surface area contributed by atoms with E-state index in [1.165, 1.54) is 11.1 Å². The lowest BCUT2D eigenvalue weighted by Gasteiger charge is -2.13. The van der Waals surface area contributed by atoms with Crippen LogP contribution in [0.25, 0.3) is 0 Å². The van der Waals surface area contributed by atoms with Gasteiger partial charge < -0.3 is 5.73 Å². The number of amides is 1. The molecule has 0 aromatic carbocycles. The van der Waals surface area contributed by atoms with Gasteiger partial charge in [-0.25, -0.2) is 0 Å². The Bertz CT molecular complexity index is 469. The van der Waals surface area contributed by atoms with Crippen molar-refractivity contribution in [1.82, 2.24) is 0 Å². The van der Waals surface area contributed by atoms with E-state index in [2.05, 4.69) is 43.1 Å². The first-order valence-corrected chi connectivity index (χ1v) is 6.49. The van der Waals surface area contributed by atoms with Gasteiger partial charge in [-0.05, 0) is 30.3 Å². The monoisotopic (exact) mass is 244 g/mol. The zero-order valence-corrected chi connectivity index (χ0v) is 11.0. The van der Waals surface area contributed by atoms with Crippen LogP contribution in [0, 0.1) is 11.8 Å². The fourth-order valence-electron chi connectivity index (χ4n) is 2.49. The zero-order valence-electron chi connectivity index (χ0n) is 11.0. The maximum atomic E-state index is 10.8. The molecule has 2 aliphatic rings. The van der Waals surface area contributed by atoms with Crippen LogP contribution >= 0.6 is 0 Å². The molecule has 0 saturated carbocycles. The SMILES string of the molecule is CC1/C=C\C2=C(CCC2=NCC(N)=O)C(C)/C=C\1. The van der Waals surface area contributed by atoms with Crippen LogP contribution in [0.15, 0.2) is 40.4 Å². The summed E-state index contributed by atoms with van der Waals surface area (Å²) in [6.45, 7) is 4.48. The van der Waals surface area contributed by atoms with Crippen molar-refractivity contribution in [3.8, 4) is 0 Å². The Hall–Kier alpha value is -1.64. The summed E-state index contributed by atoms with van der Waals surface area (Å²) in [5.41, 5.74) is 8.84. The van der Waals surface area contributed by atoms with Crippen LogP contribution in [-0.2, 0) is 4.79 Å². The summed E-state index contributed by atoms with van der Waals surface area (Å²) >= 11 is 0. The smallest absolute Gasteiger partial charge is 0.239 e. The van der Waals surface area contributed by atoms with Gasteiger partial charge in [0.15, 0.2) is 0 Å². The molecule has 0 heterocycles. The van der Waals surface area contributed by atoms with Gasteiger partial charge >= 0.3 is 0 Å². The summed E-state index contributed by atoms with van der Waals surface area (Å²) in [7, 11) is 0. The minimum absolute atomic E-state index is 0.0970. The van der Waals surface area contributed by atoms with E-state index in [1.807, 2.05) is 0 Å². The van der Waals surface area contributed by atoms with Gasteiger partial charge in [0.25, 0.3) is 0 Å². The van der Waals surface area contributed by atoms with Gasteiger partial charge in [-0.15, -0.1) is 0 Å². The van der Waals surface area contributed by atoms with Crippen molar-refractivity contribution in [2.24, 2.45) is 22.6 Å². The molecule has 0 radical (unpaired) electrons. The molecule has 1 amide bonds. The Balaban J connectivity index is 2.32. The van der Waals surface area contributed by atoms with Gasteiger partial charge in [-0.2, -0.15) is 0 Å². The van der Waals surface area contributed by atoms with Crippen molar-refractivity contribution in [3.63, 3.8) is 0 Å². The number of nitrogens with zero attached hydrogens (tertiary/aromatic N) is 1. The number of allylic oxidation sites excluding steroid dienone is 6.